The molecule has 1 aliphatic heterocycles. The number of amides is 1. The van der Waals surface area contributed by atoms with Crippen LogP contribution in [0.3, 0.4) is 0 Å². The quantitative estimate of drug-likeness (QED) is 0.852. The van der Waals surface area contributed by atoms with Crippen LogP contribution in [0.25, 0.3) is 5.70 Å². The van der Waals surface area contributed by atoms with Crippen LogP contribution in [-0.4, -0.2) is 33.3 Å². The molecule has 6 heteroatoms. The van der Waals surface area contributed by atoms with Crippen molar-refractivity contribution in [2.24, 2.45) is 0 Å². The molecule has 0 radical (unpaired) electrons. The van der Waals surface area contributed by atoms with E-state index >= 15 is 0 Å². The third-order valence-corrected chi connectivity index (χ3v) is 2.77. The molecule has 6 nitrogen and oxygen atoms in total. The number of nitrogen functional groups attached to an aromatic ring is 1. The van der Waals surface area contributed by atoms with Gasteiger partial charge in [0.15, 0.2) is 0 Å². The highest BCUT2D eigenvalue weighted by Gasteiger charge is 2.27. The van der Waals surface area contributed by atoms with E-state index in [0.717, 1.165) is 12.8 Å². The maximum absolute atomic E-state index is 12.3. The van der Waals surface area contributed by atoms with Crippen LogP contribution in [0.1, 0.15) is 39.3 Å². The van der Waals surface area contributed by atoms with Gasteiger partial charge < -0.3 is 10.5 Å². The van der Waals surface area contributed by atoms with Gasteiger partial charge in [-0.2, -0.15) is 5.10 Å². The Balaban J connectivity index is 2.26. The number of anilines is 1. The number of allylic oxidation sites excluding steroid dienone is 1. The van der Waals surface area contributed by atoms with Gasteiger partial charge in [-0.3, -0.25) is 4.90 Å². The van der Waals surface area contributed by atoms with Crippen molar-refractivity contribution in [3.05, 3.63) is 24.0 Å². The molecule has 1 aliphatic rings. The van der Waals surface area contributed by atoms with Crippen LogP contribution >= 0.6 is 0 Å². The summed E-state index contributed by atoms with van der Waals surface area (Å²) in [5.74, 6) is 0. The number of carbonyl (C=O) groups excluding carboxylic acids is 1. The average Bonchev–Trinajstić information content (AvgIpc) is 2.37. The third-order valence-electron chi connectivity index (χ3n) is 2.77. The fraction of sp³-hybridized carbons (Fsp3) is 0.500. The lowest BCUT2D eigenvalue weighted by Gasteiger charge is -2.30. The SMILES string of the molecule is CC(C)(C)OC(=O)N1CCCC=C1c1cc(N)cnn1. The maximum Gasteiger partial charge on any atom is 0.414 e. The van der Waals surface area contributed by atoms with E-state index in [0.29, 0.717) is 23.6 Å². The Morgan fingerprint density at radius 3 is 2.85 bits per heavy atom. The molecule has 0 saturated heterocycles. The summed E-state index contributed by atoms with van der Waals surface area (Å²) in [4.78, 5) is 13.9. The molecule has 0 unspecified atom stereocenters. The predicted molar refractivity (Wildman–Crippen MR) is 76.6 cm³/mol. The van der Waals surface area contributed by atoms with E-state index in [4.69, 9.17) is 10.5 Å². The zero-order chi connectivity index (χ0) is 14.8. The first kappa shape index (κ1) is 14.3. The van der Waals surface area contributed by atoms with Crippen LogP contribution in [0.4, 0.5) is 10.5 Å². The molecule has 0 aliphatic carbocycles. The van der Waals surface area contributed by atoms with Crippen LogP contribution < -0.4 is 5.73 Å². The summed E-state index contributed by atoms with van der Waals surface area (Å²) in [6, 6.07) is 1.71. The summed E-state index contributed by atoms with van der Waals surface area (Å²) in [5.41, 5.74) is 7.02. The lowest BCUT2D eigenvalue weighted by molar-refractivity contribution is 0.0346. The number of rotatable bonds is 1. The maximum atomic E-state index is 12.3. The van der Waals surface area contributed by atoms with Gasteiger partial charge in [0.2, 0.25) is 0 Å². The molecule has 108 valence electrons. The number of nitrogens with zero attached hydrogens (tertiary/aromatic N) is 3. The lowest BCUT2D eigenvalue weighted by atomic mass is 10.1. The van der Waals surface area contributed by atoms with Gasteiger partial charge in [-0.05, 0) is 39.7 Å². The molecule has 0 bridgehead atoms. The number of hydrogen-bond acceptors (Lipinski definition) is 5. The minimum atomic E-state index is -0.527. The fourth-order valence-electron chi connectivity index (χ4n) is 1.98. The van der Waals surface area contributed by atoms with Gasteiger partial charge in [-0.1, -0.05) is 6.08 Å². The second-order valence-corrected chi connectivity index (χ2v) is 5.74. The number of aromatic nitrogens is 2. The standard InChI is InChI=1S/C14H20N4O2/c1-14(2,3)20-13(19)18-7-5-4-6-12(18)11-8-10(15)9-16-17-11/h6,8-9H,4-5,7H2,1-3H3,(H2,15,17). The van der Waals surface area contributed by atoms with Crippen molar-refractivity contribution >= 4 is 17.5 Å². The van der Waals surface area contributed by atoms with E-state index in [1.54, 1.807) is 11.0 Å². The molecule has 2 heterocycles. The first-order valence-corrected chi connectivity index (χ1v) is 6.66. The predicted octanol–water partition coefficient (Wildman–Crippen LogP) is 2.43. The molecule has 0 atom stereocenters. The van der Waals surface area contributed by atoms with Gasteiger partial charge in [0.05, 0.1) is 17.6 Å². The van der Waals surface area contributed by atoms with Crippen molar-refractivity contribution < 1.29 is 9.53 Å². The van der Waals surface area contributed by atoms with Crippen molar-refractivity contribution in [1.29, 1.82) is 0 Å². The van der Waals surface area contributed by atoms with E-state index in [1.807, 2.05) is 26.8 Å². The Bertz CT molecular complexity index is 534. The summed E-state index contributed by atoms with van der Waals surface area (Å²) < 4.78 is 5.43. The summed E-state index contributed by atoms with van der Waals surface area (Å²) >= 11 is 0. The Labute approximate surface area is 118 Å². The zero-order valence-corrected chi connectivity index (χ0v) is 12.1. The molecule has 2 rings (SSSR count). The monoisotopic (exact) mass is 276 g/mol. The Morgan fingerprint density at radius 2 is 2.20 bits per heavy atom. The third kappa shape index (κ3) is 3.46. The van der Waals surface area contributed by atoms with Crippen LogP contribution in [0.5, 0.6) is 0 Å². The largest absolute Gasteiger partial charge is 0.443 e. The molecule has 0 saturated carbocycles. The van der Waals surface area contributed by atoms with Crippen LogP contribution in [-0.2, 0) is 4.74 Å². The number of hydrogen-bond donors (Lipinski definition) is 1. The van der Waals surface area contributed by atoms with E-state index in [1.165, 1.54) is 6.20 Å². The van der Waals surface area contributed by atoms with Gasteiger partial charge >= 0.3 is 6.09 Å². The van der Waals surface area contributed by atoms with Gasteiger partial charge in [-0.15, -0.1) is 5.10 Å². The van der Waals surface area contributed by atoms with Crippen LogP contribution in [0.2, 0.25) is 0 Å². The Hall–Kier alpha value is -2.11. The Morgan fingerprint density at radius 1 is 1.45 bits per heavy atom. The van der Waals surface area contributed by atoms with Crippen molar-refractivity contribution in [2.45, 2.75) is 39.2 Å². The molecule has 20 heavy (non-hydrogen) atoms. The highest BCUT2D eigenvalue weighted by molar-refractivity contribution is 5.82. The van der Waals surface area contributed by atoms with Crippen LogP contribution in [0.15, 0.2) is 18.3 Å². The minimum Gasteiger partial charge on any atom is -0.443 e. The van der Waals surface area contributed by atoms with Gasteiger partial charge in [0, 0.05) is 6.54 Å². The van der Waals surface area contributed by atoms with E-state index in [2.05, 4.69) is 10.2 Å². The normalized spacial score (nSPS) is 15.8. The fourth-order valence-corrected chi connectivity index (χ4v) is 1.98. The van der Waals surface area contributed by atoms with Crippen LogP contribution in [0, 0.1) is 0 Å². The van der Waals surface area contributed by atoms with Gasteiger partial charge in [0.1, 0.15) is 11.3 Å². The summed E-state index contributed by atoms with van der Waals surface area (Å²) in [7, 11) is 0. The summed E-state index contributed by atoms with van der Waals surface area (Å²) in [6.07, 6.45) is 4.87. The topological polar surface area (TPSA) is 81.3 Å². The van der Waals surface area contributed by atoms with E-state index in [9.17, 15) is 4.79 Å². The van der Waals surface area contributed by atoms with Crippen molar-refractivity contribution in [2.75, 3.05) is 12.3 Å². The zero-order valence-electron chi connectivity index (χ0n) is 12.1. The van der Waals surface area contributed by atoms with Gasteiger partial charge in [0.25, 0.3) is 0 Å². The number of ether oxygens (including phenoxy) is 1. The molecule has 1 aromatic heterocycles. The summed E-state index contributed by atoms with van der Waals surface area (Å²) in [6.45, 7) is 6.15. The van der Waals surface area contributed by atoms with Crippen molar-refractivity contribution in [1.82, 2.24) is 15.1 Å². The highest BCUT2D eigenvalue weighted by atomic mass is 16.6. The molecular weight excluding hydrogens is 256 g/mol. The molecule has 1 amide bonds. The Kier molecular flexibility index (Phi) is 3.92. The molecule has 2 N–H and O–H groups in total. The second kappa shape index (κ2) is 5.48. The molecule has 1 aromatic rings. The van der Waals surface area contributed by atoms with Gasteiger partial charge in [-0.25, -0.2) is 4.79 Å². The minimum absolute atomic E-state index is 0.368. The number of nitrogens with two attached hydrogens (primary N) is 1. The average molecular weight is 276 g/mol. The lowest BCUT2D eigenvalue weighted by Crippen LogP contribution is -2.37. The van der Waals surface area contributed by atoms with E-state index < -0.39 is 5.60 Å². The molecule has 0 spiro atoms. The molecular formula is C14H20N4O2. The van der Waals surface area contributed by atoms with Crippen molar-refractivity contribution in [3.63, 3.8) is 0 Å². The summed E-state index contributed by atoms with van der Waals surface area (Å²) in [5, 5.41) is 7.88. The first-order chi connectivity index (χ1) is 9.37. The van der Waals surface area contributed by atoms with Crippen molar-refractivity contribution in [3.8, 4) is 0 Å². The molecule has 0 aromatic carbocycles. The smallest absolute Gasteiger partial charge is 0.414 e. The van der Waals surface area contributed by atoms with E-state index in [-0.39, 0.29) is 6.09 Å². The molecule has 0 fully saturated rings. The second-order valence-electron chi connectivity index (χ2n) is 5.74. The first-order valence-electron chi connectivity index (χ1n) is 6.66. The highest BCUT2D eigenvalue weighted by Crippen LogP contribution is 2.26. The number of carbonyl (C=O) groups is 1.